The third-order valence-electron chi connectivity index (χ3n) is 7.45. The molecule has 0 saturated carbocycles. The number of likely N-dealkylation sites (N-methyl/N-ethyl adjacent to an activating group) is 2. The molecule has 0 spiro atoms. The molecule has 0 heterocycles. The summed E-state index contributed by atoms with van der Waals surface area (Å²) in [5.74, 6) is 3.62. The van der Waals surface area contributed by atoms with Gasteiger partial charge in [-0.15, -0.1) is 0 Å². The number of methoxy groups -OCH3 is 2. The fourth-order valence-corrected chi connectivity index (χ4v) is 6.49. The van der Waals surface area contributed by atoms with Gasteiger partial charge in [-0.05, 0) is 62.3 Å². The van der Waals surface area contributed by atoms with Gasteiger partial charge in [0.15, 0.2) is 0 Å². The highest BCUT2D eigenvalue weighted by molar-refractivity contribution is 7.98. The Morgan fingerprint density at radius 2 is 1.02 bits per heavy atom. The highest BCUT2D eigenvalue weighted by Gasteiger charge is 2.19. The van der Waals surface area contributed by atoms with Gasteiger partial charge in [-0.25, -0.2) is 0 Å². The summed E-state index contributed by atoms with van der Waals surface area (Å²) >= 11 is 3.71. The third-order valence-corrected chi connectivity index (χ3v) is 9.47. The van der Waals surface area contributed by atoms with Gasteiger partial charge >= 0.3 is 11.9 Å². The molecular formula is C32H50N4O6S2. The Bertz CT molecular complexity index is 992. The van der Waals surface area contributed by atoms with Crippen LogP contribution < -0.4 is 20.1 Å². The molecule has 0 fully saturated rings. The molecule has 0 unspecified atom stereocenters. The Morgan fingerprint density at radius 1 is 0.659 bits per heavy atom. The molecule has 10 nitrogen and oxygen atoms in total. The number of carbonyl (C=O) groups is 2. The van der Waals surface area contributed by atoms with Crippen molar-refractivity contribution in [1.82, 2.24) is 20.4 Å². The van der Waals surface area contributed by atoms with Crippen LogP contribution in [-0.4, -0.2) is 123 Å². The minimum absolute atomic E-state index is 0.507. The predicted molar refractivity (Wildman–Crippen MR) is 181 cm³/mol. The molecule has 4 N–H and O–H groups in total. The van der Waals surface area contributed by atoms with E-state index >= 15 is 0 Å². The quantitative estimate of drug-likeness (QED) is 0.117. The van der Waals surface area contributed by atoms with E-state index in [1.165, 1.54) is 11.1 Å². The molecule has 0 aliphatic carbocycles. The minimum atomic E-state index is -0.844. The zero-order valence-electron chi connectivity index (χ0n) is 26.5. The molecular weight excluding hydrogens is 601 g/mol. The van der Waals surface area contributed by atoms with Gasteiger partial charge in [-0.2, -0.15) is 23.5 Å². The van der Waals surface area contributed by atoms with Crippen LogP contribution in [-0.2, 0) is 21.1 Å². The molecule has 0 aliphatic heterocycles. The monoisotopic (exact) mass is 650 g/mol. The van der Waals surface area contributed by atoms with Crippen molar-refractivity contribution in [1.29, 1.82) is 0 Å². The minimum Gasteiger partial charge on any atom is -0.497 e. The fourth-order valence-electron chi connectivity index (χ4n) is 4.57. The highest BCUT2D eigenvalue weighted by atomic mass is 32.2. The van der Waals surface area contributed by atoms with E-state index in [1.807, 2.05) is 47.8 Å². The molecule has 0 radical (unpaired) electrons. The van der Waals surface area contributed by atoms with Gasteiger partial charge in [-0.3, -0.25) is 9.59 Å². The van der Waals surface area contributed by atoms with Crippen LogP contribution in [0.15, 0.2) is 48.5 Å². The van der Waals surface area contributed by atoms with Crippen LogP contribution >= 0.6 is 23.5 Å². The van der Waals surface area contributed by atoms with E-state index in [-0.39, 0.29) is 0 Å². The molecule has 2 rings (SSSR count). The zero-order chi connectivity index (χ0) is 32.2. The average Bonchev–Trinajstić information content (AvgIpc) is 3.03. The second-order valence-electron chi connectivity index (χ2n) is 10.4. The number of thioether (sulfide) groups is 2. The summed E-state index contributed by atoms with van der Waals surface area (Å²) in [7, 11) is 6.68. The molecule has 2 aromatic rings. The molecule has 44 heavy (non-hydrogen) atoms. The van der Waals surface area contributed by atoms with E-state index < -0.39 is 24.0 Å². The van der Waals surface area contributed by atoms with Crippen molar-refractivity contribution in [2.75, 3.05) is 79.1 Å². The van der Waals surface area contributed by atoms with Gasteiger partial charge in [0.25, 0.3) is 0 Å². The second kappa shape index (κ2) is 22.1. The van der Waals surface area contributed by atoms with Crippen molar-refractivity contribution in [3.8, 4) is 11.5 Å². The van der Waals surface area contributed by atoms with Gasteiger partial charge in [0.1, 0.15) is 23.6 Å². The molecule has 2 aromatic carbocycles. The zero-order valence-corrected chi connectivity index (χ0v) is 28.1. The standard InChI is InChI=1S/C32H50N4O6S2/c1-33-29(31(37)38)13-15-35(19-21-43-23-25-5-9-27(41-3)10-6-25)17-18-36(16-14-30(34-2)32(39)40)20-22-44-24-26-7-11-28(42-4)12-8-26/h5-12,29-30,33-34H,13-24H2,1-4H3,(H,37,38)(H,39,40)/t29-,30-/m0/s1. The average molecular weight is 651 g/mol. The van der Waals surface area contributed by atoms with Crippen molar-refractivity contribution < 1.29 is 29.3 Å². The van der Waals surface area contributed by atoms with Gasteiger partial charge < -0.3 is 40.1 Å². The lowest BCUT2D eigenvalue weighted by atomic mass is 10.2. The Hall–Kier alpha value is -2.48. The maximum absolute atomic E-state index is 11.6. The van der Waals surface area contributed by atoms with Crippen LogP contribution in [0.2, 0.25) is 0 Å². The first-order chi connectivity index (χ1) is 21.3. The third kappa shape index (κ3) is 15.0. The number of benzene rings is 2. The first-order valence-electron chi connectivity index (χ1n) is 15.0. The van der Waals surface area contributed by atoms with Crippen molar-refractivity contribution in [3.63, 3.8) is 0 Å². The largest absolute Gasteiger partial charge is 0.497 e. The Morgan fingerprint density at radius 3 is 1.32 bits per heavy atom. The SMILES string of the molecule is CN[C@@H](CCN(CCSCc1ccc(OC)cc1)CCN(CCSCc1ccc(OC)cc1)CC[C@H](NC)C(=O)O)C(=O)O. The Kier molecular flexibility index (Phi) is 18.9. The van der Waals surface area contributed by atoms with Gasteiger partial charge in [-0.1, -0.05) is 24.3 Å². The van der Waals surface area contributed by atoms with Crippen molar-refractivity contribution >= 4 is 35.5 Å². The van der Waals surface area contributed by atoms with Gasteiger partial charge in [0.2, 0.25) is 0 Å². The summed E-state index contributed by atoms with van der Waals surface area (Å²) < 4.78 is 10.5. The number of aliphatic carboxylic acids is 2. The Labute approximate surface area is 271 Å². The number of rotatable bonds is 25. The number of carboxylic acids is 2. The number of ether oxygens (including phenoxy) is 2. The topological polar surface area (TPSA) is 124 Å². The first-order valence-corrected chi connectivity index (χ1v) is 17.3. The van der Waals surface area contributed by atoms with E-state index in [2.05, 4.69) is 44.7 Å². The summed E-state index contributed by atoms with van der Waals surface area (Å²) in [5.41, 5.74) is 2.47. The molecule has 0 amide bonds. The van der Waals surface area contributed by atoms with Crippen molar-refractivity contribution in [2.45, 2.75) is 36.4 Å². The predicted octanol–water partition coefficient (Wildman–Crippen LogP) is 3.60. The summed E-state index contributed by atoms with van der Waals surface area (Å²) in [6.45, 7) is 4.56. The van der Waals surface area contributed by atoms with Crippen LogP contribution in [0.1, 0.15) is 24.0 Å². The first kappa shape index (κ1) is 37.7. The summed E-state index contributed by atoms with van der Waals surface area (Å²) in [5, 5.41) is 24.9. The molecule has 246 valence electrons. The summed E-state index contributed by atoms with van der Waals surface area (Å²) in [4.78, 5) is 27.9. The lowest BCUT2D eigenvalue weighted by molar-refractivity contribution is -0.140. The molecule has 0 bridgehead atoms. The smallest absolute Gasteiger partial charge is 0.320 e. The number of nitrogens with zero attached hydrogens (tertiary/aromatic N) is 2. The van der Waals surface area contributed by atoms with Crippen LogP contribution in [0.5, 0.6) is 11.5 Å². The molecule has 0 aliphatic rings. The van der Waals surface area contributed by atoms with E-state index in [1.54, 1.807) is 28.3 Å². The van der Waals surface area contributed by atoms with Crippen LogP contribution in [0.3, 0.4) is 0 Å². The van der Waals surface area contributed by atoms with Gasteiger partial charge in [0.05, 0.1) is 14.2 Å². The number of carboxylic acid groups (broad SMARTS) is 2. The molecule has 0 aromatic heterocycles. The number of nitrogens with one attached hydrogen (secondary N) is 2. The van der Waals surface area contributed by atoms with Crippen LogP contribution in [0, 0.1) is 0 Å². The van der Waals surface area contributed by atoms with Gasteiger partial charge in [0, 0.05) is 62.3 Å². The van der Waals surface area contributed by atoms with E-state index in [0.29, 0.717) is 25.9 Å². The molecule has 0 saturated heterocycles. The van der Waals surface area contributed by atoms with E-state index in [9.17, 15) is 19.8 Å². The van der Waals surface area contributed by atoms with Crippen LogP contribution in [0.25, 0.3) is 0 Å². The van der Waals surface area contributed by atoms with Crippen molar-refractivity contribution in [2.24, 2.45) is 0 Å². The lowest BCUT2D eigenvalue weighted by Gasteiger charge is -2.29. The Balaban J connectivity index is 1.96. The fraction of sp³-hybridized carbons (Fsp3) is 0.562. The molecule has 12 heteroatoms. The maximum atomic E-state index is 11.6. The summed E-state index contributed by atoms with van der Waals surface area (Å²) in [6, 6.07) is 15.0. The van der Waals surface area contributed by atoms with Crippen LogP contribution in [0.4, 0.5) is 0 Å². The molecule has 2 atom stereocenters. The highest BCUT2D eigenvalue weighted by Crippen LogP contribution is 2.18. The number of hydrogen-bond donors (Lipinski definition) is 4. The summed E-state index contributed by atoms with van der Waals surface area (Å²) in [6.07, 6.45) is 1.01. The number of hydrogen-bond acceptors (Lipinski definition) is 10. The second-order valence-corrected chi connectivity index (χ2v) is 12.6. The van der Waals surface area contributed by atoms with E-state index in [4.69, 9.17) is 9.47 Å². The normalized spacial score (nSPS) is 12.8. The maximum Gasteiger partial charge on any atom is 0.320 e. The van der Waals surface area contributed by atoms with Crippen molar-refractivity contribution in [3.05, 3.63) is 59.7 Å². The van der Waals surface area contributed by atoms with E-state index in [0.717, 1.165) is 60.7 Å². The lowest BCUT2D eigenvalue weighted by Crippen LogP contribution is -2.43.